The summed E-state index contributed by atoms with van der Waals surface area (Å²) in [4.78, 5) is 0. The predicted molar refractivity (Wildman–Crippen MR) is 83.6 cm³/mol. The number of aryl methyl sites for hydroxylation is 1. The van der Waals surface area contributed by atoms with Gasteiger partial charge in [-0.1, -0.05) is 54.4 Å². The summed E-state index contributed by atoms with van der Waals surface area (Å²) in [5, 5.41) is 4.24. The Hall–Kier alpha value is -1.31. The van der Waals surface area contributed by atoms with Crippen LogP contribution in [-0.2, 0) is 6.54 Å². The molecule has 0 saturated carbocycles. The normalized spacial score (nSPS) is 10.7. The summed E-state index contributed by atoms with van der Waals surface area (Å²) in [5.74, 6) is 0. The van der Waals surface area contributed by atoms with Crippen molar-refractivity contribution in [3.8, 4) is 11.1 Å². The van der Waals surface area contributed by atoms with Crippen molar-refractivity contribution in [1.29, 1.82) is 0 Å². The van der Waals surface area contributed by atoms with Gasteiger partial charge in [0.05, 0.1) is 0 Å². The van der Waals surface area contributed by atoms with Crippen LogP contribution in [0.5, 0.6) is 0 Å². The zero-order chi connectivity index (χ0) is 13.7. The molecule has 1 N–H and O–H groups in total. The van der Waals surface area contributed by atoms with Gasteiger partial charge in [0.15, 0.2) is 0 Å². The van der Waals surface area contributed by atoms with E-state index in [-0.39, 0.29) is 0 Å². The fourth-order valence-corrected chi connectivity index (χ4v) is 2.40. The van der Waals surface area contributed by atoms with Crippen LogP contribution < -0.4 is 5.32 Å². The van der Waals surface area contributed by atoms with Crippen molar-refractivity contribution >= 4 is 11.6 Å². The molecule has 0 atom stereocenters. The molecule has 1 nitrogen and oxygen atoms in total. The van der Waals surface area contributed by atoms with E-state index in [0.717, 1.165) is 24.5 Å². The van der Waals surface area contributed by atoms with Crippen molar-refractivity contribution in [2.24, 2.45) is 0 Å². The quantitative estimate of drug-likeness (QED) is 0.771. The number of hydrogen-bond donors (Lipinski definition) is 1. The van der Waals surface area contributed by atoms with E-state index in [4.69, 9.17) is 11.6 Å². The first-order valence-electron chi connectivity index (χ1n) is 6.77. The summed E-state index contributed by atoms with van der Waals surface area (Å²) in [7, 11) is 0. The van der Waals surface area contributed by atoms with Crippen molar-refractivity contribution in [2.45, 2.75) is 26.8 Å². The van der Waals surface area contributed by atoms with E-state index >= 15 is 0 Å². The third-order valence-corrected chi connectivity index (χ3v) is 3.37. The number of hydrogen-bond acceptors (Lipinski definition) is 1. The predicted octanol–water partition coefficient (Wildman–Crippen LogP) is 4.82. The molecule has 19 heavy (non-hydrogen) atoms. The van der Waals surface area contributed by atoms with E-state index in [1.54, 1.807) is 0 Å². The van der Waals surface area contributed by atoms with Crippen molar-refractivity contribution < 1.29 is 0 Å². The molecular weight excluding hydrogens is 254 g/mol. The minimum Gasteiger partial charge on any atom is -0.313 e. The van der Waals surface area contributed by atoms with Crippen molar-refractivity contribution in [1.82, 2.24) is 5.32 Å². The van der Waals surface area contributed by atoms with Gasteiger partial charge in [-0.25, -0.2) is 0 Å². The highest BCUT2D eigenvalue weighted by molar-refractivity contribution is 6.30. The minimum absolute atomic E-state index is 0.796. The number of nitrogens with one attached hydrogen (secondary N) is 1. The number of benzene rings is 2. The standard InChI is InChI=1S/C17H20ClN/c1-3-9-19-12-15-11-16(18)7-8-17(15)14-6-4-5-13(2)10-14/h4-8,10-11,19H,3,9,12H2,1-2H3. The zero-order valence-electron chi connectivity index (χ0n) is 11.5. The highest BCUT2D eigenvalue weighted by Crippen LogP contribution is 2.27. The van der Waals surface area contributed by atoms with E-state index in [9.17, 15) is 0 Å². The average molecular weight is 274 g/mol. The summed E-state index contributed by atoms with van der Waals surface area (Å²) in [6, 6.07) is 14.7. The number of halogens is 1. The Morgan fingerprint density at radius 1 is 1.11 bits per heavy atom. The van der Waals surface area contributed by atoms with Crippen LogP contribution in [0.1, 0.15) is 24.5 Å². The molecule has 0 spiro atoms. The third-order valence-electron chi connectivity index (χ3n) is 3.14. The van der Waals surface area contributed by atoms with Crippen molar-refractivity contribution in [2.75, 3.05) is 6.54 Å². The van der Waals surface area contributed by atoms with E-state index in [0.29, 0.717) is 0 Å². The molecule has 0 bridgehead atoms. The van der Waals surface area contributed by atoms with Gasteiger partial charge in [-0.05, 0) is 48.7 Å². The van der Waals surface area contributed by atoms with Gasteiger partial charge in [0.25, 0.3) is 0 Å². The van der Waals surface area contributed by atoms with Crippen LogP contribution in [-0.4, -0.2) is 6.54 Å². The van der Waals surface area contributed by atoms with E-state index in [2.05, 4.69) is 55.6 Å². The van der Waals surface area contributed by atoms with Gasteiger partial charge in [0.2, 0.25) is 0 Å². The van der Waals surface area contributed by atoms with Gasteiger partial charge in [-0.15, -0.1) is 0 Å². The smallest absolute Gasteiger partial charge is 0.0409 e. The lowest BCUT2D eigenvalue weighted by Gasteiger charge is -2.12. The molecule has 0 aliphatic rings. The monoisotopic (exact) mass is 273 g/mol. The molecule has 2 aromatic rings. The first-order chi connectivity index (χ1) is 9.20. The molecule has 0 amide bonds. The molecule has 0 saturated heterocycles. The second-order valence-corrected chi connectivity index (χ2v) is 5.28. The van der Waals surface area contributed by atoms with E-state index in [1.807, 2.05) is 6.07 Å². The van der Waals surface area contributed by atoms with Gasteiger partial charge in [-0.3, -0.25) is 0 Å². The van der Waals surface area contributed by atoms with Crippen LogP contribution in [0, 0.1) is 6.92 Å². The third kappa shape index (κ3) is 3.82. The summed E-state index contributed by atoms with van der Waals surface area (Å²) in [6.45, 7) is 6.18. The van der Waals surface area contributed by atoms with Crippen molar-refractivity contribution in [3.05, 3.63) is 58.6 Å². The van der Waals surface area contributed by atoms with Crippen LogP contribution in [0.25, 0.3) is 11.1 Å². The van der Waals surface area contributed by atoms with Crippen LogP contribution in [0.3, 0.4) is 0 Å². The molecule has 2 rings (SSSR count). The lowest BCUT2D eigenvalue weighted by molar-refractivity contribution is 0.676. The Morgan fingerprint density at radius 2 is 1.95 bits per heavy atom. The Morgan fingerprint density at radius 3 is 2.68 bits per heavy atom. The van der Waals surface area contributed by atoms with Crippen LogP contribution >= 0.6 is 11.6 Å². The maximum atomic E-state index is 6.12. The molecule has 2 heteroatoms. The van der Waals surface area contributed by atoms with E-state index in [1.165, 1.54) is 22.3 Å². The van der Waals surface area contributed by atoms with E-state index < -0.39 is 0 Å². The molecule has 0 aliphatic heterocycles. The Balaban J connectivity index is 2.33. The van der Waals surface area contributed by atoms with Gasteiger partial charge in [-0.2, -0.15) is 0 Å². The highest BCUT2D eigenvalue weighted by atomic mass is 35.5. The minimum atomic E-state index is 0.796. The molecular formula is C17H20ClN. The largest absolute Gasteiger partial charge is 0.313 e. The Bertz CT molecular complexity index is 549. The summed E-state index contributed by atoms with van der Waals surface area (Å²) in [6.07, 6.45) is 1.14. The summed E-state index contributed by atoms with van der Waals surface area (Å²) in [5.41, 5.74) is 5.05. The second-order valence-electron chi connectivity index (χ2n) is 4.85. The number of rotatable bonds is 5. The maximum Gasteiger partial charge on any atom is 0.0409 e. The first kappa shape index (κ1) is 14.1. The Labute approximate surface area is 120 Å². The molecule has 0 aromatic heterocycles. The lowest BCUT2D eigenvalue weighted by Crippen LogP contribution is -2.14. The molecule has 0 aliphatic carbocycles. The topological polar surface area (TPSA) is 12.0 Å². The molecule has 100 valence electrons. The fraction of sp³-hybridized carbons (Fsp3) is 0.294. The zero-order valence-corrected chi connectivity index (χ0v) is 12.3. The Kier molecular flexibility index (Phi) is 5.00. The average Bonchev–Trinajstić information content (AvgIpc) is 2.39. The highest BCUT2D eigenvalue weighted by Gasteiger charge is 2.06. The van der Waals surface area contributed by atoms with Crippen molar-refractivity contribution in [3.63, 3.8) is 0 Å². The molecule has 0 unspecified atom stereocenters. The summed E-state index contributed by atoms with van der Waals surface area (Å²) < 4.78 is 0. The molecule has 2 aromatic carbocycles. The van der Waals surface area contributed by atoms with Gasteiger partial charge in [0.1, 0.15) is 0 Å². The van der Waals surface area contributed by atoms with Gasteiger partial charge >= 0.3 is 0 Å². The van der Waals surface area contributed by atoms with Gasteiger partial charge < -0.3 is 5.32 Å². The molecule has 0 fully saturated rings. The van der Waals surface area contributed by atoms with Crippen LogP contribution in [0.2, 0.25) is 5.02 Å². The summed E-state index contributed by atoms with van der Waals surface area (Å²) >= 11 is 6.12. The maximum absolute atomic E-state index is 6.12. The SMILES string of the molecule is CCCNCc1cc(Cl)ccc1-c1cccc(C)c1. The van der Waals surface area contributed by atoms with Crippen LogP contribution in [0.15, 0.2) is 42.5 Å². The van der Waals surface area contributed by atoms with Crippen LogP contribution in [0.4, 0.5) is 0 Å². The molecule has 0 radical (unpaired) electrons. The molecule has 0 heterocycles. The second kappa shape index (κ2) is 6.74. The lowest BCUT2D eigenvalue weighted by atomic mass is 9.98. The fourth-order valence-electron chi connectivity index (χ4n) is 2.20. The van der Waals surface area contributed by atoms with Gasteiger partial charge in [0, 0.05) is 11.6 Å². The first-order valence-corrected chi connectivity index (χ1v) is 7.14.